The molecule has 0 radical (unpaired) electrons. The largest absolute Gasteiger partial charge is 0.507 e. The zero-order valence-corrected chi connectivity index (χ0v) is 14.8. The summed E-state index contributed by atoms with van der Waals surface area (Å²) in [5, 5.41) is 13.3. The van der Waals surface area contributed by atoms with Gasteiger partial charge >= 0.3 is 0 Å². The van der Waals surface area contributed by atoms with Crippen LogP contribution in [0, 0.1) is 5.82 Å². The average Bonchev–Trinajstić information content (AvgIpc) is 3.11. The van der Waals surface area contributed by atoms with Gasteiger partial charge in [0, 0.05) is 18.1 Å². The van der Waals surface area contributed by atoms with Crippen molar-refractivity contribution < 1.29 is 14.3 Å². The van der Waals surface area contributed by atoms with E-state index in [-0.39, 0.29) is 17.3 Å². The lowest BCUT2D eigenvalue weighted by atomic mass is 9.95. The molecule has 1 amide bonds. The van der Waals surface area contributed by atoms with E-state index in [0.29, 0.717) is 16.7 Å². The third-order valence-electron chi connectivity index (χ3n) is 4.72. The van der Waals surface area contributed by atoms with E-state index < -0.39 is 5.82 Å². The number of aromatic hydroxyl groups is 1. The van der Waals surface area contributed by atoms with Gasteiger partial charge in [-0.3, -0.25) is 4.79 Å². The molecule has 3 aromatic rings. The SMILES string of the molecule is CC(=O)Nc1ccc(-c2cccc(-c3ccc4c(c3)C=CC4)c2O)cc1F. The molecule has 0 bridgehead atoms. The predicted octanol–water partition coefficient (Wildman–Crippen LogP) is 5.39. The molecule has 0 fully saturated rings. The van der Waals surface area contributed by atoms with Crippen LogP contribution in [0.15, 0.2) is 60.7 Å². The Morgan fingerprint density at radius 2 is 1.74 bits per heavy atom. The molecule has 0 aromatic heterocycles. The van der Waals surface area contributed by atoms with Gasteiger partial charge in [-0.2, -0.15) is 0 Å². The Balaban J connectivity index is 1.75. The lowest BCUT2D eigenvalue weighted by Gasteiger charge is -2.12. The first-order valence-corrected chi connectivity index (χ1v) is 8.72. The van der Waals surface area contributed by atoms with Crippen molar-refractivity contribution in [1.29, 1.82) is 0 Å². The third-order valence-corrected chi connectivity index (χ3v) is 4.72. The Bertz CT molecular complexity index is 1090. The molecule has 0 saturated carbocycles. The van der Waals surface area contributed by atoms with Crippen molar-refractivity contribution >= 4 is 17.7 Å². The van der Waals surface area contributed by atoms with E-state index in [1.807, 2.05) is 18.2 Å². The van der Waals surface area contributed by atoms with Gasteiger partial charge in [-0.25, -0.2) is 4.39 Å². The molecule has 0 heterocycles. The van der Waals surface area contributed by atoms with Crippen molar-refractivity contribution in [2.24, 2.45) is 0 Å². The molecule has 134 valence electrons. The average molecular weight is 359 g/mol. The number of phenols is 1. The van der Waals surface area contributed by atoms with Crippen molar-refractivity contribution in [3.63, 3.8) is 0 Å². The molecule has 27 heavy (non-hydrogen) atoms. The number of phenolic OH excluding ortho intramolecular Hbond substituents is 1. The summed E-state index contributed by atoms with van der Waals surface area (Å²) in [6.45, 7) is 1.33. The molecule has 0 spiro atoms. The Labute approximate surface area is 156 Å². The second-order valence-corrected chi connectivity index (χ2v) is 6.60. The highest BCUT2D eigenvalue weighted by molar-refractivity contribution is 5.90. The third kappa shape index (κ3) is 3.22. The monoisotopic (exact) mass is 359 g/mol. The normalized spacial score (nSPS) is 12.1. The van der Waals surface area contributed by atoms with Crippen LogP contribution in [0.5, 0.6) is 5.75 Å². The van der Waals surface area contributed by atoms with Gasteiger partial charge < -0.3 is 10.4 Å². The first kappa shape index (κ1) is 17.0. The van der Waals surface area contributed by atoms with Gasteiger partial charge in [-0.15, -0.1) is 0 Å². The van der Waals surface area contributed by atoms with Gasteiger partial charge in [-0.1, -0.05) is 48.6 Å². The number of benzene rings is 3. The highest BCUT2D eigenvalue weighted by atomic mass is 19.1. The summed E-state index contributed by atoms with van der Waals surface area (Å²) in [5.74, 6) is -0.779. The van der Waals surface area contributed by atoms with Crippen LogP contribution in [0.4, 0.5) is 10.1 Å². The van der Waals surface area contributed by atoms with Crippen LogP contribution in [0.25, 0.3) is 28.3 Å². The minimum atomic E-state index is -0.546. The van der Waals surface area contributed by atoms with E-state index in [1.54, 1.807) is 12.1 Å². The fourth-order valence-corrected chi connectivity index (χ4v) is 3.40. The number of anilines is 1. The van der Waals surface area contributed by atoms with Crippen molar-refractivity contribution in [2.45, 2.75) is 13.3 Å². The minimum Gasteiger partial charge on any atom is -0.507 e. The highest BCUT2D eigenvalue weighted by Crippen LogP contribution is 2.39. The Kier molecular flexibility index (Phi) is 4.24. The Morgan fingerprint density at radius 3 is 2.44 bits per heavy atom. The highest BCUT2D eigenvalue weighted by Gasteiger charge is 2.14. The van der Waals surface area contributed by atoms with Gasteiger partial charge in [0.2, 0.25) is 5.91 Å². The molecule has 4 heteroatoms. The number of hydrogen-bond acceptors (Lipinski definition) is 2. The number of para-hydroxylation sites is 1. The topological polar surface area (TPSA) is 49.3 Å². The Hall–Kier alpha value is -3.40. The van der Waals surface area contributed by atoms with Crippen LogP contribution in [0.2, 0.25) is 0 Å². The lowest BCUT2D eigenvalue weighted by Crippen LogP contribution is -2.07. The first-order valence-electron chi connectivity index (χ1n) is 8.72. The molecule has 3 aromatic carbocycles. The summed E-state index contributed by atoms with van der Waals surface area (Å²) in [7, 11) is 0. The van der Waals surface area contributed by atoms with E-state index in [0.717, 1.165) is 17.5 Å². The van der Waals surface area contributed by atoms with Gasteiger partial charge in [0.1, 0.15) is 11.6 Å². The maximum Gasteiger partial charge on any atom is 0.221 e. The fraction of sp³-hybridized carbons (Fsp3) is 0.0870. The molecule has 0 saturated heterocycles. The molecular weight excluding hydrogens is 341 g/mol. The number of nitrogens with one attached hydrogen (secondary N) is 1. The van der Waals surface area contributed by atoms with Gasteiger partial charge in [0.05, 0.1) is 5.69 Å². The molecule has 2 N–H and O–H groups in total. The van der Waals surface area contributed by atoms with E-state index in [9.17, 15) is 14.3 Å². The van der Waals surface area contributed by atoms with Gasteiger partial charge in [0.15, 0.2) is 0 Å². The van der Waals surface area contributed by atoms with E-state index in [4.69, 9.17) is 0 Å². The second-order valence-electron chi connectivity index (χ2n) is 6.60. The molecular formula is C23H18FNO2. The molecule has 1 aliphatic rings. The van der Waals surface area contributed by atoms with Crippen molar-refractivity contribution in [2.75, 3.05) is 5.32 Å². The number of fused-ring (bicyclic) bond motifs is 1. The van der Waals surface area contributed by atoms with Crippen LogP contribution >= 0.6 is 0 Å². The summed E-state index contributed by atoms with van der Waals surface area (Å²) in [5.41, 5.74) is 5.23. The zero-order valence-electron chi connectivity index (χ0n) is 14.8. The zero-order chi connectivity index (χ0) is 19.0. The van der Waals surface area contributed by atoms with Gasteiger partial charge in [0.25, 0.3) is 0 Å². The molecule has 3 nitrogen and oxygen atoms in total. The quantitative estimate of drug-likeness (QED) is 0.658. The number of amides is 1. The van der Waals surface area contributed by atoms with Crippen LogP contribution in [0.3, 0.4) is 0 Å². The maximum absolute atomic E-state index is 14.3. The molecule has 0 aliphatic heterocycles. The van der Waals surface area contributed by atoms with Crippen molar-refractivity contribution in [3.05, 3.63) is 77.6 Å². The molecule has 4 rings (SSSR count). The van der Waals surface area contributed by atoms with E-state index in [1.165, 1.54) is 24.6 Å². The molecule has 1 aliphatic carbocycles. The fourth-order valence-electron chi connectivity index (χ4n) is 3.40. The van der Waals surface area contributed by atoms with Crippen molar-refractivity contribution in [3.8, 4) is 28.0 Å². The summed E-state index contributed by atoms with van der Waals surface area (Å²) >= 11 is 0. The summed E-state index contributed by atoms with van der Waals surface area (Å²) in [4.78, 5) is 11.1. The summed E-state index contributed by atoms with van der Waals surface area (Å²) in [6, 6.07) is 16.0. The number of hydrogen-bond donors (Lipinski definition) is 2. The Morgan fingerprint density at radius 1 is 1.04 bits per heavy atom. The first-order chi connectivity index (χ1) is 13.0. The number of rotatable bonds is 3. The summed E-state index contributed by atoms with van der Waals surface area (Å²) in [6.07, 6.45) is 5.13. The van der Waals surface area contributed by atoms with E-state index in [2.05, 4.69) is 29.6 Å². The predicted molar refractivity (Wildman–Crippen MR) is 106 cm³/mol. The number of halogens is 1. The van der Waals surface area contributed by atoms with Crippen LogP contribution < -0.4 is 5.32 Å². The van der Waals surface area contributed by atoms with E-state index >= 15 is 0 Å². The number of carbonyl (C=O) groups is 1. The van der Waals surface area contributed by atoms with Crippen LogP contribution in [-0.4, -0.2) is 11.0 Å². The molecule has 0 atom stereocenters. The maximum atomic E-state index is 14.3. The number of carbonyl (C=O) groups excluding carboxylic acids is 1. The second kappa shape index (κ2) is 6.72. The molecule has 0 unspecified atom stereocenters. The van der Waals surface area contributed by atoms with Crippen LogP contribution in [0.1, 0.15) is 18.1 Å². The van der Waals surface area contributed by atoms with Crippen LogP contribution in [-0.2, 0) is 11.2 Å². The lowest BCUT2D eigenvalue weighted by molar-refractivity contribution is -0.114. The summed E-state index contributed by atoms with van der Waals surface area (Å²) < 4.78 is 14.3. The standard InChI is InChI=1S/C23H18FNO2/c1-14(26)25-22-11-10-18(13-21(22)24)20-7-3-6-19(23(20)27)17-9-8-15-4-2-5-16(15)12-17/h2-3,5-13,27H,4H2,1H3,(H,25,26). The number of allylic oxidation sites excluding steroid dienone is 1. The smallest absolute Gasteiger partial charge is 0.221 e. The van der Waals surface area contributed by atoms with Gasteiger partial charge in [-0.05, 0) is 46.9 Å². The van der Waals surface area contributed by atoms with Crippen molar-refractivity contribution in [1.82, 2.24) is 0 Å². The minimum absolute atomic E-state index is 0.103.